The number of nitrogens with one attached hydrogen (secondary N) is 1. The van der Waals surface area contributed by atoms with Crippen molar-refractivity contribution < 1.29 is 9.59 Å². The summed E-state index contributed by atoms with van der Waals surface area (Å²) >= 11 is 0. The van der Waals surface area contributed by atoms with E-state index in [1.165, 1.54) is 19.8 Å². The van der Waals surface area contributed by atoms with Crippen molar-refractivity contribution in [1.82, 2.24) is 19.8 Å². The number of aromatic nitrogens is 2. The summed E-state index contributed by atoms with van der Waals surface area (Å²) in [6.45, 7) is 4.48. The number of carbonyl (C=O) groups is 2. The normalized spacial score (nSPS) is 15.0. The lowest BCUT2D eigenvalue weighted by Crippen LogP contribution is -2.32. The van der Waals surface area contributed by atoms with Crippen molar-refractivity contribution in [2.24, 2.45) is 0 Å². The highest BCUT2D eigenvalue weighted by Crippen LogP contribution is 2.18. The number of likely N-dealkylation sites (tertiary alicyclic amines) is 1. The fourth-order valence-corrected chi connectivity index (χ4v) is 3.60. The van der Waals surface area contributed by atoms with Gasteiger partial charge in [0.2, 0.25) is 11.8 Å². The zero-order valence-corrected chi connectivity index (χ0v) is 15.5. The molecule has 3 rings (SSSR count). The van der Waals surface area contributed by atoms with Gasteiger partial charge in [0.05, 0.1) is 11.0 Å². The van der Waals surface area contributed by atoms with Gasteiger partial charge in [0.1, 0.15) is 5.82 Å². The average molecular weight is 356 g/mol. The Morgan fingerprint density at radius 2 is 1.85 bits per heavy atom. The number of hydrogen-bond acceptors (Lipinski definition) is 3. The van der Waals surface area contributed by atoms with E-state index < -0.39 is 0 Å². The smallest absolute Gasteiger partial charge is 0.224 e. The second-order valence-corrected chi connectivity index (χ2v) is 6.95. The number of imidazole rings is 1. The largest absolute Gasteiger partial charge is 0.356 e. The second-order valence-electron chi connectivity index (χ2n) is 6.95. The van der Waals surface area contributed by atoms with Gasteiger partial charge in [-0.05, 0) is 25.0 Å². The van der Waals surface area contributed by atoms with Gasteiger partial charge in [0.25, 0.3) is 0 Å². The molecule has 2 amide bonds. The summed E-state index contributed by atoms with van der Waals surface area (Å²) in [7, 11) is 0. The zero-order chi connectivity index (χ0) is 18.4. The third-order valence-electron chi connectivity index (χ3n) is 4.96. The van der Waals surface area contributed by atoms with Crippen molar-refractivity contribution in [3.05, 3.63) is 30.1 Å². The minimum Gasteiger partial charge on any atom is -0.356 e. The minimum atomic E-state index is -0.0380. The number of aryl methyl sites for hydroxylation is 1. The Hall–Kier alpha value is -2.37. The molecule has 1 saturated heterocycles. The van der Waals surface area contributed by atoms with Crippen LogP contribution in [-0.4, -0.2) is 45.9 Å². The number of hydrogen-bond donors (Lipinski definition) is 1. The van der Waals surface area contributed by atoms with Crippen LogP contribution in [0, 0.1) is 0 Å². The summed E-state index contributed by atoms with van der Waals surface area (Å²) in [5.74, 6) is 1.12. The van der Waals surface area contributed by atoms with Crippen LogP contribution < -0.4 is 5.32 Å². The maximum Gasteiger partial charge on any atom is 0.224 e. The summed E-state index contributed by atoms with van der Waals surface area (Å²) in [6.07, 6.45) is 5.83. The van der Waals surface area contributed by atoms with Crippen LogP contribution in [0.25, 0.3) is 11.0 Å². The molecule has 1 aliphatic rings. The van der Waals surface area contributed by atoms with Gasteiger partial charge in [-0.15, -0.1) is 0 Å². The summed E-state index contributed by atoms with van der Waals surface area (Å²) in [6, 6.07) is 8.00. The van der Waals surface area contributed by atoms with Crippen molar-refractivity contribution in [3.63, 3.8) is 0 Å². The highest BCUT2D eigenvalue weighted by molar-refractivity contribution is 5.78. The predicted octanol–water partition coefficient (Wildman–Crippen LogP) is 2.51. The number of para-hydroxylation sites is 2. The van der Waals surface area contributed by atoms with Crippen LogP contribution in [0.15, 0.2) is 24.3 Å². The van der Waals surface area contributed by atoms with Crippen LogP contribution >= 0.6 is 0 Å². The Labute approximate surface area is 154 Å². The van der Waals surface area contributed by atoms with Gasteiger partial charge in [-0.1, -0.05) is 25.0 Å². The van der Waals surface area contributed by atoms with Crippen molar-refractivity contribution >= 4 is 22.8 Å². The molecule has 0 aliphatic carbocycles. The average Bonchev–Trinajstić information content (AvgIpc) is 2.80. The highest BCUT2D eigenvalue weighted by Gasteiger charge is 2.17. The van der Waals surface area contributed by atoms with Gasteiger partial charge >= 0.3 is 0 Å². The summed E-state index contributed by atoms with van der Waals surface area (Å²) in [4.78, 5) is 30.5. The molecule has 1 aliphatic heterocycles. The topological polar surface area (TPSA) is 67.2 Å². The van der Waals surface area contributed by atoms with E-state index >= 15 is 0 Å². The molecule has 2 heterocycles. The molecule has 1 N–H and O–H groups in total. The van der Waals surface area contributed by atoms with Crippen molar-refractivity contribution in [2.75, 3.05) is 19.6 Å². The number of fused-ring (bicyclic) bond motifs is 1. The SMILES string of the molecule is CC(=O)NCCc1nc2ccccc2n1CCC(=O)N1CCCCCC1. The van der Waals surface area contributed by atoms with Crippen LogP contribution in [0.1, 0.15) is 44.9 Å². The van der Waals surface area contributed by atoms with Crippen LogP contribution in [-0.2, 0) is 22.6 Å². The Kier molecular flexibility index (Phi) is 6.26. The van der Waals surface area contributed by atoms with E-state index in [0.717, 1.165) is 42.8 Å². The number of nitrogens with zero attached hydrogens (tertiary/aromatic N) is 3. The maximum absolute atomic E-state index is 12.6. The molecule has 0 unspecified atom stereocenters. The molecule has 6 nitrogen and oxygen atoms in total. The van der Waals surface area contributed by atoms with Gasteiger partial charge in [0, 0.05) is 45.9 Å². The lowest BCUT2D eigenvalue weighted by atomic mass is 10.2. The maximum atomic E-state index is 12.6. The van der Waals surface area contributed by atoms with E-state index in [1.807, 2.05) is 29.2 Å². The summed E-state index contributed by atoms with van der Waals surface area (Å²) in [5, 5.41) is 2.82. The van der Waals surface area contributed by atoms with Crippen LogP contribution in [0.3, 0.4) is 0 Å². The van der Waals surface area contributed by atoms with Crippen molar-refractivity contribution in [3.8, 4) is 0 Å². The molecule has 0 bridgehead atoms. The number of amides is 2. The number of carbonyl (C=O) groups excluding carboxylic acids is 2. The quantitative estimate of drug-likeness (QED) is 0.865. The Morgan fingerprint density at radius 1 is 1.12 bits per heavy atom. The van der Waals surface area contributed by atoms with E-state index in [9.17, 15) is 9.59 Å². The van der Waals surface area contributed by atoms with Gasteiger partial charge in [-0.3, -0.25) is 9.59 Å². The first kappa shape index (κ1) is 18.4. The van der Waals surface area contributed by atoms with E-state index in [-0.39, 0.29) is 11.8 Å². The van der Waals surface area contributed by atoms with Gasteiger partial charge in [0.15, 0.2) is 0 Å². The van der Waals surface area contributed by atoms with Crippen LogP contribution in [0.4, 0.5) is 0 Å². The first-order valence-corrected chi connectivity index (χ1v) is 9.61. The number of benzene rings is 1. The van der Waals surface area contributed by atoms with E-state index in [1.54, 1.807) is 0 Å². The molecule has 2 aromatic rings. The van der Waals surface area contributed by atoms with E-state index in [2.05, 4.69) is 9.88 Å². The first-order valence-electron chi connectivity index (χ1n) is 9.61. The Balaban J connectivity index is 1.70. The molecule has 26 heavy (non-hydrogen) atoms. The number of rotatable bonds is 6. The zero-order valence-electron chi connectivity index (χ0n) is 15.5. The fourth-order valence-electron chi connectivity index (χ4n) is 3.60. The van der Waals surface area contributed by atoms with Crippen LogP contribution in [0.5, 0.6) is 0 Å². The fraction of sp³-hybridized carbons (Fsp3) is 0.550. The van der Waals surface area contributed by atoms with Gasteiger partial charge in [-0.25, -0.2) is 4.98 Å². The van der Waals surface area contributed by atoms with Gasteiger partial charge in [-0.2, -0.15) is 0 Å². The lowest BCUT2D eigenvalue weighted by molar-refractivity contribution is -0.131. The molecule has 140 valence electrons. The molecule has 6 heteroatoms. The molecule has 0 saturated carbocycles. The minimum absolute atomic E-state index is 0.0380. The Bertz CT molecular complexity index is 760. The Morgan fingerprint density at radius 3 is 2.58 bits per heavy atom. The van der Waals surface area contributed by atoms with Crippen molar-refractivity contribution in [1.29, 1.82) is 0 Å². The molecule has 1 aromatic heterocycles. The summed E-state index contributed by atoms with van der Waals surface area (Å²) in [5.41, 5.74) is 1.99. The van der Waals surface area contributed by atoms with E-state index in [0.29, 0.717) is 25.9 Å². The third-order valence-corrected chi connectivity index (χ3v) is 4.96. The molecule has 0 radical (unpaired) electrons. The third kappa shape index (κ3) is 4.62. The molecule has 0 spiro atoms. The first-order chi connectivity index (χ1) is 12.6. The highest BCUT2D eigenvalue weighted by atomic mass is 16.2. The standard InChI is InChI=1S/C20H28N4O2/c1-16(25)21-12-10-19-22-17-8-4-5-9-18(17)24(19)15-11-20(26)23-13-6-2-3-7-14-23/h4-5,8-9H,2-3,6-7,10-15H2,1H3,(H,21,25). The van der Waals surface area contributed by atoms with Crippen LogP contribution in [0.2, 0.25) is 0 Å². The molecule has 1 fully saturated rings. The molecule has 0 atom stereocenters. The molecular weight excluding hydrogens is 328 g/mol. The molecular formula is C20H28N4O2. The summed E-state index contributed by atoms with van der Waals surface area (Å²) < 4.78 is 2.13. The monoisotopic (exact) mass is 356 g/mol. The predicted molar refractivity (Wildman–Crippen MR) is 102 cm³/mol. The van der Waals surface area contributed by atoms with E-state index in [4.69, 9.17) is 4.98 Å². The van der Waals surface area contributed by atoms with Gasteiger partial charge < -0.3 is 14.8 Å². The van der Waals surface area contributed by atoms with Crippen molar-refractivity contribution in [2.45, 2.75) is 52.0 Å². The second kappa shape index (κ2) is 8.83. The molecule has 1 aromatic carbocycles. The lowest BCUT2D eigenvalue weighted by Gasteiger charge is -2.20.